The first-order chi connectivity index (χ1) is 10.0. The number of methoxy groups -OCH3 is 1. The van der Waals surface area contributed by atoms with E-state index in [1.165, 1.54) is 31.4 Å². The fraction of sp³-hybridized carbons (Fsp3) is 0.0625. The van der Waals surface area contributed by atoms with E-state index in [2.05, 4.69) is 11.6 Å². The lowest BCUT2D eigenvalue weighted by Gasteiger charge is -2.07. The summed E-state index contributed by atoms with van der Waals surface area (Å²) in [6.45, 7) is 3.45. The van der Waals surface area contributed by atoms with E-state index in [0.717, 1.165) is 0 Å². The lowest BCUT2D eigenvalue weighted by Crippen LogP contribution is -1.99. The molecule has 1 N–H and O–H groups in total. The molecule has 1 aromatic carbocycles. The fourth-order valence-corrected chi connectivity index (χ4v) is 1.80. The minimum absolute atomic E-state index is 0.184. The first-order valence-corrected chi connectivity index (χ1v) is 6.11. The highest BCUT2D eigenvalue weighted by Gasteiger charge is 2.10. The number of carboxylic acids is 1. The molecule has 1 aromatic heterocycles. The Morgan fingerprint density at radius 2 is 1.86 bits per heavy atom. The van der Waals surface area contributed by atoms with Gasteiger partial charge in [0.2, 0.25) is 5.88 Å². The van der Waals surface area contributed by atoms with Gasteiger partial charge < -0.3 is 9.84 Å². The zero-order valence-corrected chi connectivity index (χ0v) is 11.4. The van der Waals surface area contributed by atoms with Gasteiger partial charge in [0, 0.05) is 17.2 Å². The molecule has 0 atom stereocenters. The maximum Gasteiger partial charge on any atom is 0.335 e. The largest absolute Gasteiger partial charge is 0.481 e. The van der Waals surface area contributed by atoms with Crippen molar-refractivity contribution >= 4 is 11.8 Å². The minimum Gasteiger partial charge on any atom is -0.481 e. The topological polar surface area (TPSA) is 76.5 Å². The molecule has 5 nitrogen and oxygen atoms in total. The molecular formula is C16H13NO4. The molecule has 0 fully saturated rings. The first kappa shape index (κ1) is 14.5. The van der Waals surface area contributed by atoms with Crippen molar-refractivity contribution in [3.8, 4) is 17.1 Å². The molecular weight excluding hydrogens is 270 g/mol. The van der Waals surface area contributed by atoms with Crippen molar-refractivity contribution in [1.82, 2.24) is 4.98 Å². The zero-order chi connectivity index (χ0) is 15.4. The third kappa shape index (κ3) is 3.14. The summed E-state index contributed by atoms with van der Waals surface area (Å²) >= 11 is 0. The summed E-state index contributed by atoms with van der Waals surface area (Å²) in [5.74, 6) is -0.929. The number of carbonyl (C=O) groups excluding carboxylic acids is 1. The molecule has 2 rings (SSSR count). The Hall–Kier alpha value is -2.95. The Labute approximate surface area is 121 Å². The summed E-state index contributed by atoms with van der Waals surface area (Å²) in [5, 5.41) is 8.89. The Balaban J connectivity index is 2.49. The van der Waals surface area contributed by atoms with Gasteiger partial charge in [-0.05, 0) is 24.3 Å². The second-order valence-electron chi connectivity index (χ2n) is 4.23. The second-order valence-corrected chi connectivity index (χ2v) is 4.23. The van der Waals surface area contributed by atoms with Gasteiger partial charge in [0.1, 0.15) is 0 Å². The molecule has 5 heteroatoms. The van der Waals surface area contributed by atoms with Crippen LogP contribution in [-0.4, -0.2) is 29.0 Å². The van der Waals surface area contributed by atoms with Crippen LogP contribution >= 0.6 is 0 Å². The van der Waals surface area contributed by atoms with Gasteiger partial charge in [-0.3, -0.25) is 4.79 Å². The highest BCUT2D eigenvalue weighted by atomic mass is 16.5. The molecule has 0 aliphatic rings. The molecule has 0 amide bonds. The molecule has 0 aliphatic heterocycles. The Morgan fingerprint density at radius 1 is 1.19 bits per heavy atom. The Kier molecular flexibility index (Phi) is 4.13. The second kappa shape index (κ2) is 6.00. The summed E-state index contributed by atoms with van der Waals surface area (Å²) in [6.07, 6.45) is 1.21. The molecule has 2 aromatic rings. The average molecular weight is 283 g/mol. The number of allylic oxidation sites excluding steroid dienone is 1. The maximum atomic E-state index is 11.7. The number of pyridine rings is 1. The van der Waals surface area contributed by atoms with E-state index >= 15 is 0 Å². The van der Waals surface area contributed by atoms with E-state index in [1.54, 1.807) is 18.2 Å². The lowest BCUT2D eigenvalue weighted by atomic mass is 10.1. The van der Waals surface area contributed by atoms with Crippen molar-refractivity contribution in [2.75, 3.05) is 7.11 Å². The predicted octanol–water partition coefficient (Wildman–Crippen LogP) is 2.82. The number of nitrogens with zero attached hydrogens (tertiary/aromatic N) is 1. The van der Waals surface area contributed by atoms with Gasteiger partial charge in [0.25, 0.3) is 0 Å². The normalized spacial score (nSPS) is 9.95. The molecule has 1 heterocycles. The van der Waals surface area contributed by atoms with Gasteiger partial charge in [0.05, 0.1) is 18.4 Å². The van der Waals surface area contributed by atoms with E-state index in [4.69, 9.17) is 9.84 Å². The standard InChI is InChI=1S/C16H13NO4/c1-3-14(18)12-8-13(17-15(9-12)21-2)10-4-6-11(7-5-10)16(19)20/h3-9H,1H2,2H3,(H,19,20). The van der Waals surface area contributed by atoms with Gasteiger partial charge in [-0.25, -0.2) is 9.78 Å². The van der Waals surface area contributed by atoms with Crippen LogP contribution < -0.4 is 4.74 Å². The smallest absolute Gasteiger partial charge is 0.335 e. The Bertz CT molecular complexity index is 705. The molecule has 0 saturated heterocycles. The third-order valence-electron chi connectivity index (χ3n) is 2.91. The molecule has 0 bridgehead atoms. The number of aromatic nitrogens is 1. The van der Waals surface area contributed by atoms with Gasteiger partial charge in [0.15, 0.2) is 5.78 Å². The number of carboxylic acid groups (broad SMARTS) is 1. The number of benzene rings is 1. The molecule has 106 valence electrons. The van der Waals surface area contributed by atoms with Crippen molar-refractivity contribution in [2.45, 2.75) is 0 Å². The monoisotopic (exact) mass is 283 g/mol. The highest BCUT2D eigenvalue weighted by Crippen LogP contribution is 2.23. The summed E-state index contributed by atoms with van der Waals surface area (Å²) in [4.78, 5) is 26.8. The summed E-state index contributed by atoms with van der Waals surface area (Å²) < 4.78 is 5.08. The van der Waals surface area contributed by atoms with Crippen LogP contribution in [0.1, 0.15) is 20.7 Å². The van der Waals surface area contributed by atoms with Crippen molar-refractivity contribution in [3.05, 3.63) is 60.2 Å². The van der Waals surface area contributed by atoms with Crippen LogP contribution in [0.5, 0.6) is 5.88 Å². The number of ether oxygens (including phenoxy) is 1. The van der Waals surface area contributed by atoms with Crippen LogP contribution in [0.3, 0.4) is 0 Å². The average Bonchev–Trinajstić information content (AvgIpc) is 2.53. The molecule has 0 spiro atoms. The number of hydrogen-bond acceptors (Lipinski definition) is 4. The van der Waals surface area contributed by atoms with E-state index in [-0.39, 0.29) is 11.3 Å². The lowest BCUT2D eigenvalue weighted by molar-refractivity contribution is 0.0696. The summed E-state index contributed by atoms with van der Waals surface area (Å²) in [7, 11) is 1.46. The maximum absolute atomic E-state index is 11.7. The van der Waals surface area contributed by atoms with Crippen molar-refractivity contribution in [2.24, 2.45) is 0 Å². The number of ketones is 1. The molecule has 0 aliphatic carbocycles. The number of hydrogen-bond donors (Lipinski definition) is 1. The number of rotatable bonds is 5. The van der Waals surface area contributed by atoms with Gasteiger partial charge in [-0.2, -0.15) is 0 Å². The minimum atomic E-state index is -0.998. The van der Waals surface area contributed by atoms with Crippen molar-refractivity contribution in [1.29, 1.82) is 0 Å². The van der Waals surface area contributed by atoms with E-state index in [0.29, 0.717) is 22.7 Å². The number of carbonyl (C=O) groups is 2. The summed E-state index contributed by atoms with van der Waals surface area (Å²) in [5.41, 5.74) is 1.81. The predicted molar refractivity (Wildman–Crippen MR) is 77.7 cm³/mol. The quantitative estimate of drug-likeness (QED) is 0.674. The fourth-order valence-electron chi connectivity index (χ4n) is 1.80. The van der Waals surface area contributed by atoms with Crippen LogP contribution in [-0.2, 0) is 0 Å². The molecule has 0 saturated carbocycles. The van der Waals surface area contributed by atoms with E-state index in [9.17, 15) is 9.59 Å². The Morgan fingerprint density at radius 3 is 2.38 bits per heavy atom. The van der Waals surface area contributed by atoms with Crippen LogP contribution in [0.15, 0.2) is 49.1 Å². The van der Waals surface area contributed by atoms with Crippen LogP contribution in [0.4, 0.5) is 0 Å². The molecule has 0 unspecified atom stereocenters. The van der Waals surface area contributed by atoms with Gasteiger partial charge in [-0.15, -0.1) is 0 Å². The first-order valence-electron chi connectivity index (χ1n) is 6.11. The van der Waals surface area contributed by atoms with Crippen molar-refractivity contribution in [3.63, 3.8) is 0 Å². The van der Waals surface area contributed by atoms with E-state index in [1.807, 2.05) is 0 Å². The molecule has 21 heavy (non-hydrogen) atoms. The van der Waals surface area contributed by atoms with Crippen LogP contribution in [0.2, 0.25) is 0 Å². The highest BCUT2D eigenvalue weighted by molar-refractivity contribution is 6.05. The van der Waals surface area contributed by atoms with Crippen LogP contribution in [0, 0.1) is 0 Å². The van der Waals surface area contributed by atoms with E-state index < -0.39 is 5.97 Å². The zero-order valence-electron chi connectivity index (χ0n) is 11.4. The SMILES string of the molecule is C=CC(=O)c1cc(OC)nc(-c2ccc(C(=O)O)cc2)c1. The van der Waals surface area contributed by atoms with Gasteiger partial charge in [-0.1, -0.05) is 18.7 Å². The molecule has 0 radical (unpaired) electrons. The van der Waals surface area contributed by atoms with Crippen molar-refractivity contribution < 1.29 is 19.4 Å². The third-order valence-corrected chi connectivity index (χ3v) is 2.91. The number of aromatic carboxylic acids is 1. The summed E-state index contributed by atoms with van der Waals surface area (Å²) in [6, 6.07) is 9.36. The van der Waals surface area contributed by atoms with Gasteiger partial charge >= 0.3 is 5.97 Å². The van der Waals surface area contributed by atoms with Crippen LogP contribution in [0.25, 0.3) is 11.3 Å².